The third-order valence-corrected chi connectivity index (χ3v) is 8.61. The Hall–Kier alpha value is -2.81. The molecule has 4 aromatic rings. The molecule has 0 fully saturated rings. The zero-order chi connectivity index (χ0) is 23.8. The van der Waals surface area contributed by atoms with E-state index in [1.165, 1.54) is 15.6 Å². The minimum absolute atomic E-state index is 0.156. The van der Waals surface area contributed by atoms with Crippen LogP contribution in [0.5, 0.6) is 0 Å². The molecule has 0 aliphatic heterocycles. The Labute approximate surface area is 198 Å². The summed E-state index contributed by atoms with van der Waals surface area (Å²) in [5.74, 6) is -0.163. The Morgan fingerprint density at radius 1 is 1.00 bits per heavy atom. The van der Waals surface area contributed by atoms with Crippen molar-refractivity contribution in [3.05, 3.63) is 66.2 Å². The molecule has 0 atom stereocenters. The van der Waals surface area contributed by atoms with E-state index in [4.69, 9.17) is 0 Å². The number of hydrogen-bond donors (Lipinski definition) is 1. The van der Waals surface area contributed by atoms with Crippen LogP contribution in [-0.2, 0) is 21.2 Å². The maximum Gasteiger partial charge on any atom is 0.243 e. The fraction of sp³-hybridized carbons (Fsp3) is 0.280. The molecule has 0 spiro atoms. The Morgan fingerprint density at radius 2 is 1.70 bits per heavy atom. The van der Waals surface area contributed by atoms with Crippen LogP contribution in [0.3, 0.4) is 0 Å². The van der Waals surface area contributed by atoms with E-state index >= 15 is 0 Å². The van der Waals surface area contributed by atoms with Crippen LogP contribution in [0.1, 0.15) is 33.3 Å². The summed E-state index contributed by atoms with van der Waals surface area (Å²) in [6.07, 6.45) is 0.231. The number of carbonyl (C=O) groups excluding carboxylic acids is 1. The summed E-state index contributed by atoms with van der Waals surface area (Å²) in [5, 5.41) is 5.46. The number of nitrogens with zero attached hydrogens (tertiary/aromatic N) is 2. The van der Waals surface area contributed by atoms with Gasteiger partial charge in [0, 0.05) is 12.1 Å². The molecule has 3 aromatic carbocycles. The molecule has 6 nitrogen and oxygen atoms in total. The summed E-state index contributed by atoms with van der Waals surface area (Å²) in [6.45, 7) is 7.47. The number of hydrogen-bond acceptors (Lipinski definition) is 5. The molecule has 0 bridgehead atoms. The van der Waals surface area contributed by atoms with Crippen molar-refractivity contribution in [2.24, 2.45) is 0 Å². The standard InChI is InChI=1S/C25H27N3O3S2/c1-16(2)28(17(3)4)33(30,31)20-12-13-22-23(15-20)32-25(26-22)27-24(29)14-19-10-7-9-18-8-5-6-11-21(18)19/h5-13,15-17H,14H2,1-4H3,(H,26,27,29). The van der Waals surface area contributed by atoms with E-state index in [-0.39, 0.29) is 29.3 Å². The molecule has 0 unspecified atom stereocenters. The lowest BCUT2D eigenvalue weighted by molar-refractivity contribution is -0.115. The number of fused-ring (bicyclic) bond motifs is 2. The number of anilines is 1. The van der Waals surface area contributed by atoms with Gasteiger partial charge in [0.25, 0.3) is 0 Å². The SMILES string of the molecule is CC(C)N(C(C)C)S(=O)(=O)c1ccc2nc(NC(=O)Cc3cccc4ccccc34)sc2c1. The normalized spacial score (nSPS) is 12.3. The molecule has 1 N–H and O–H groups in total. The maximum absolute atomic E-state index is 13.2. The van der Waals surface area contributed by atoms with Gasteiger partial charge >= 0.3 is 0 Å². The summed E-state index contributed by atoms with van der Waals surface area (Å²) in [5.41, 5.74) is 1.60. The van der Waals surface area contributed by atoms with Crippen LogP contribution >= 0.6 is 11.3 Å². The van der Waals surface area contributed by atoms with E-state index in [0.29, 0.717) is 15.3 Å². The number of thiazole rings is 1. The molecule has 0 saturated carbocycles. The highest BCUT2D eigenvalue weighted by Crippen LogP contribution is 2.30. The first-order valence-electron chi connectivity index (χ1n) is 10.9. The quantitative estimate of drug-likeness (QED) is 0.381. The lowest BCUT2D eigenvalue weighted by Gasteiger charge is -2.29. The van der Waals surface area contributed by atoms with E-state index in [1.807, 2.05) is 70.2 Å². The van der Waals surface area contributed by atoms with Gasteiger partial charge in [-0.15, -0.1) is 0 Å². The first-order valence-corrected chi connectivity index (χ1v) is 13.1. The summed E-state index contributed by atoms with van der Waals surface area (Å²) in [6, 6.07) is 18.5. The van der Waals surface area contributed by atoms with Crippen molar-refractivity contribution in [3.8, 4) is 0 Å². The van der Waals surface area contributed by atoms with Crippen LogP contribution in [-0.4, -0.2) is 35.7 Å². The lowest BCUT2D eigenvalue weighted by Crippen LogP contribution is -2.41. The Morgan fingerprint density at radius 3 is 2.42 bits per heavy atom. The summed E-state index contributed by atoms with van der Waals surface area (Å²) < 4.78 is 28.6. The topological polar surface area (TPSA) is 79.4 Å². The predicted molar refractivity (Wildman–Crippen MR) is 135 cm³/mol. The monoisotopic (exact) mass is 481 g/mol. The molecule has 1 aromatic heterocycles. The summed E-state index contributed by atoms with van der Waals surface area (Å²) in [7, 11) is -3.64. The largest absolute Gasteiger partial charge is 0.302 e. The molecule has 4 rings (SSSR count). The highest BCUT2D eigenvalue weighted by Gasteiger charge is 2.29. The average Bonchev–Trinajstić information content (AvgIpc) is 3.14. The van der Waals surface area contributed by atoms with Gasteiger partial charge in [-0.25, -0.2) is 13.4 Å². The molecule has 1 amide bonds. The number of amides is 1. The number of carbonyl (C=O) groups is 1. The van der Waals surface area contributed by atoms with Crippen LogP contribution in [0, 0.1) is 0 Å². The van der Waals surface area contributed by atoms with Crippen LogP contribution in [0.15, 0.2) is 65.6 Å². The zero-order valence-electron chi connectivity index (χ0n) is 19.1. The highest BCUT2D eigenvalue weighted by molar-refractivity contribution is 7.89. The van der Waals surface area contributed by atoms with E-state index in [1.54, 1.807) is 18.2 Å². The van der Waals surface area contributed by atoms with Gasteiger partial charge in [0.15, 0.2) is 5.13 Å². The van der Waals surface area contributed by atoms with Crippen molar-refractivity contribution in [1.29, 1.82) is 0 Å². The number of rotatable bonds is 7. The van der Waals surface area contributed by atoms with Crippen LogP contribution in [0.2, 0.25) is 0 Å². The molecule has 172 valence electrons. The third kappa shape index (κ3) is 4.78. The smallest absolute Gasteiger partial charge is 0.243 e. The summed E-state index contributed by atoms with van der Waals surface area (Å²) in [4.78, 5) is 17.4. The van der Waals surface area contributed by atoms with Crippen molar-refractivity contribution >= 4 is 53.4 Å². The minimum Gasteiger partial charge on any atom is -0.302 e. The molecule has 0 aliphatic carbocycles. The number of nitrogens with one attached hydrogen (secondary N) is 1. The molecular formula is C25H27N3O3S2. The van der Waals surface area contributed by atoms with Gasteiger partial charge < -0.3 is 5.32 Å². The Balaban J connectivity index is 1.57. The van der Waals surface area contributed by atoms with Gasteiger partial charge in [-0.2, -0.15) is 4.31 Å². The maximum atomic E-state index is 13.2. The van der Waals surface area contributed by atoms with Gasteiger partial charge in [-0.05, 0) is 62.2 Å². The summed E-state index contributed by atoms with van der Waals surface area (Å²) >= 11 is 1.27. The van der Waals surface area contributed by atoms with Gasteiger partial charge in [0.2, 0.25) is 15.9 Å². The van der Waals surface area contributed by atoms with Crippen LogP contribution < -0.4 is 5.32 Å². The Bertz CT molecular complexity index is 1410. The van der Waals surface area contributed by atoms with Gasteiger partial charge in [-0.3, -0.25) is 4.79 Å². The molecule has 0 radical (unpaired) electrons. The average molecular weight is 482 g/mol. The number of aromatic nitrogens is 1. The predicted octanol–water partition coefficient (Wildman–Crippen LogP) is 5.44. The number of benzene rings is 3. The second-order valence-corrected chi connectivity index (χ2v) is 11.4. The van der Waals surface area contributed by atoms with Gasteiger partial charge in [-0.1, -0.05) is 53.8 Å². The second kappa shape index (κ2) is 9.21. The van der Waals surface area contributed by atoms with E-state index in [0.717, 1.165) is 16.3 Å². The molecule has 1 heterocycles. The fourth-order valence-corrected chi connectivity index (χ4v) is 7.03. The van der Waals surface area contributed by atoms with Gasteiger partial charge in [0.05, 0.1) is 21.5 Å². The van der Waals surface area contributed by atoms with E-state index in [2.05, 4.69) is 10.3 Å². The second-order valence-electron chi connectivity index (χ2n) is 8.53. The first-order chi connectivity index (χ1) is 15.7. The molecule has 33 heavy (non-hydrogen) atoms. The van der Waals surface area contributed by atoms with Crippen molar-refractivity contribution in [3.63, 3.8) is 0 Å². The van der Waals surface area contributed by atoms with Crippen LogP contribution in [0.4, 0.5) is 5.13 Å². The molecule has 8 heteroatoms. The zero-order valence-corrected chi connectivity index (χ0v) is 20.7. The number of sulfonamides is 1. The van der Waals surface area contributed by atoms with E-state index in [9.17, 15) is 13.2 Å². The van der Waals surface area contributed by atoms with E-state index < -0.39 is 10.0 Å². The third-order valence-electron chi connectivity index (χ3n) is 5.43. The van der Waals surface area contributed by atoms with Crippen LogP contribution in [0.25, 0.3) is 21.0 Å². The fourth-order valence-electron chi connectivity index (χ4n) is 4.18. The Kier molecular flexibility index (Phi) is 6.52. The van der Waals surface area contributed by atoms with Crippen molar-refractivity contribution in [2.45, 2.75) is 51.1 Å². The van der Waals surface area contributed by atoms with Crippen molar-refractivity contribution in [2.75, 3.05) is 5.32 Å². The van der Waals surface area contributed by atoms with Crippen molar-refractivity contribution in [1.82, 2.24) is 9.29 Å². The highest BCUT2D eigenvalue weighted by atomic mass is 32.2. The molecule has 0 aliphatic rings. The van der Waals surface area contributed by atoms with Crippen molar-refractivity contribution < 1.29 is 13.2 Å². The lowest BCUT2D eigenvalue weighted by atomic mass is 10.0. The van der Waals surface area contributed by atoms with Gasteiger partial charge in [0.1, 0.15) is 0 Å². The molecular weight excluding hydrogens is 454 g/mol. The first kappa shape index (κ1) is 23.4. The molecule has 0 saturated heterocycles. The minimum atomic E-state index is -3.64.